The zero-order valence-corrected chi connectivity index (χ0v) is 15.4. The molecule has 1 saturated heterocycles. The molecule has 3 heterocycles. The molecule has 2 aromatic heterocycles. The van der Waals surface area contributed by atoms with Gasteiger partial charge in [-0.15, -0.1) is 0 Å². The Kier molecular flexibility index (Phi) is 5.08. The minimum Gasteiger partial charge on any atom is -0.501 e. The number of rotatable bonds is 5. The van der Waals surface area contributed by atoms with Gasteiger partial charge >= 0.3 is 5.56 Å². The molecule has 0 unspecified atom stereocenters. The van der Waals surface area contributed by atoms with Crippen molar-refractivity contribution in [3.05, 3.63) is 70.3 Å². The van der Waals surface area contributed by atoms with Crippen LogP contribution in [-0.2, 0) is 11.2 Å². The Balaban J connectivity index is 1.62. The average Bonchev–Trinajstić information content (AvgIpc) is 2.75. The molecule has 0 atom stereocenters. The molecule has 28 heavy (non-hydrogen) atoms. The first-order valence-electron chi connectivity index (χ1n) is 9.29. The van der Waals surface area contributed by atoms with Crippen molar-refractivity contribution in [2.24, 2.45) is 0 Å². The summed E-state index contributed by atoms with van der Waals surface area (Å²) in [5, 5.41) is 10.3. The van der Waals surface area contributed by atoms with Gasteiger partial charge in [0, 0.05) is 25.7 Å². The number of carbonyl (C=O) groups excluding carboxylic acids is 1. The van der Waals surface area contributed by atoms with Crippen LogP contribution in [0.25, 0.3) is 5.65 Å². The molecule has 1 aromatic carbocycles. The molecule has 0 amide bonds. The van der Waals surface area contributed by atoms with Crippen LogP contribution in [0.2, 0.25) is 0 Å². The van der Waals surface area contributed by atoms with E-state index in [-0.39, 0.29) is 17.9 Å². The fourth-order valence-corrected chi connectivity index (χ4v) is 3.34. The first-order valence-corrected chi connectivity index (χ1v) is 9.29. The van der Waals surface area contributed by atoms with Crippen LogP contribution in [0.5, 0.6) is 5.75 Å². The highest BCUT2D eigenvalue weighted by Crippen LogP contribution is 2.19. The van der Waals surface area contributed by atoms with E-state index in [1.54, 1.807) is 12.3 Å². The number of hydrogen-bond acceptors (Lipinski definition) is 6. The highest BCUT2D eigenvalue weighted by molar-refractivity contribution is 5.97. The maximum atomic E-state index is 12.6. The van der Waals surface area contributed by atoms with Crippen molar-refractivity contribution in [2.75, 3.05) is 31.2 Å². The molecule has 1 aliphatic rings. The van der Waals surface area contributed by atoms with Crippen LogP contribution in [0.15, 0.2) is 53.5 Å². The van der Waals surface area contributed by atoms with E-state index in [2.05, 4.69) is 9.88 Å². The summed E-state index contributed by atoms with van der Waals surface area (Å²) in [4.78, 5) is 31.6. The van der Waals surface area contributed by atoms with Crippen molar-refractivity contribution in [1.29, 1.82) is 0 Å². The predicted molar refractivity (Wildman–Crippen MR) is 105 cm³/mol. The fraction of sp³-hybridized carbons (Fsp3) is 0.286. The molecule has 1 fully saturated rings. The highest BCUT2D eigenvalue weighted by Gasteiger charge is 2.19. The maximum Gasteiger partial charge on any atom is 0.300 e. The second kappa shape index (κ2) is 7.82. The van der Waals surface area contributed by atoms with Crippen LogP contribution in [0.1, 0.15) is 22.5 Å². The predicted octanol–water partition coefficient (Wildman–Crippen LogP) is 2.05. The van der Waals surface area contributed by atoms with Gasteiger partial charge in [0.1, 0.15) is 5.65 Å². The summed E-state index contributed by atoms with van der Waals surface area (Å²) >= 11 is 0. The van der Waals surface area contributed by atoms with Crippen LogP contribution in [-0.4, -0.2) is 46.6 Å². The minimum atomic E-state index is -0.636. The number of aromatic nitrogens is 2. The summed E-state index contributed by atoms with van der Waals surface area (Å²) < 4.78 is 6.63. The molecule has 0 bridgehead atoms. The normalized spacial score (nSPS) is 14.4. The monoisotopic (exact) mass is 379 g/mol. The van der Waals surface area contributed by atoms with E-state index in [0.717, 1.165) is 24.3 Å². The number of anilines is 1. The molecule has 0 aliphatic carbocycles. The van der Waals surface area contributed by atoms with Crippen LogP contribution < -0.4 is 10.5 Å². The summed E-state index contributed by atoms with van der Waals surface area (Å²) in [5.74, 6) is -0.951. The van der Waals surface area contributed by atoms with Gasteiger partial charge in [-0.25, -0.2) is 4.98 Å². The average molecular weight is 379 g/mol. The fourth-order valence-electron chi connectivity index (χ4n) is 3.34. The van der Waals surface area contributed by atoms with Crippen molar-refractivity contribution >= 4 is 17.1 Å². The number of morpholine rings is 1. The topological polar surface area (TPSA) is 84.1 Å². The molecule has 4 rings (SSSR count). The molecule has 1 aliphatic heterocycles. The molecule has 3 aromatic rings. The van der Waals surface area contributed by atoms with Gasteiger partial charge in [0.15, 0.2) is 11.5 Å². The molecule has 0 radical (unpaired) electrons. The summed E-state index contributed by atoms with van der Waals surface area (Å²) in [5.41, 5.74) is 1.40. The zero-order chi connectivity index (χ0) is 19.5. The highest BCUT2D eigenvalue weighted by atomic mass is 16.5. The smallest absolute Gasteiger partial charge is 0.300 e. The van der Waals surface area contributed by atoms with E-state index in [1.165, 1.54) is 4.40 Å². The lowest BCUT2D eigenvalue weighted by molar-refractivity contribution is 0.0975. The molecule has 0 spiro atoms. The lowest BCUT2D eigenvalue weighted by Gasteiger charge is -2.28. The Labute approximate surface area is 161 Å². The number of nitrogens with zero attached hydrogens (tertiary/aromatic N) is 3. The number of aromatic hydroxyl groups is 1. The lowest BCUT2D eigenvalue weighted by Crippen LogP contribution is -2.36. The first kappa shape index (κ1) is 18.2. The van der Waals surface area contributed by atoms with Crippen molar-refractivity contribution in [3.63, 3.8) is 0 Å². The summed E-state index contributed by atoms with van der Waals surface area (Å²) in [7, 11) is 0. The van der Waals surface area contributed by atoms with Gasteiger partial charge in [-0.2, -0.15) is 0 Å². The number of aryl methyl sites for hydroxylation is 1. The van der Waals surface area contributed by atoms with E-state index in [1.807, 2.05) is 36.4 Å². The van der Waals surface area contributed by atoms with E-state index in [0.29, 0.717) is 25.3 Å². The second-order valence-electron chi connectivity index (χ2n) is 6.74. The molecule has 7 heteroatoms. The molecule has 144 valence electrons. The summed E-state index contributed by atoms with van der Waals surface area (Å²) in [6.45, 7) is 2.72. The Morgan fingerprint density at radius 3 is 2.61 bits per heavy atom. The Morgan fingerprint density at radius 1 is 1.11 bits per heavy atom. The van der Waals surface area contributed by atoms with Crippen LogP contribution >= 0.6 is 0 Å². The van der Waals surface area contributed by atoms with Crippen LogP contribution in [0.3, 0.4) is 0 Å². The third-order valence-corrected chi connectivity index (χ3v) is 4.91. The molecule has 1 N–H and O–H groups in total. The van der Waals surface area contributed by atoms with Gasteiger partial charge in [-0.3, -0.25) is 14.0 Å². The molecule has 0 saturated carbocycles. The molecular weight excluding hydrogens is 358 g/mol. The van der Waals surface area contributed by atoms with E-state index >= 15 is 0 Å². The maximum absolute atomic E-state index is 12.6. The van der Waals surface area contributed by atoms with Gasteiger partial charge in [0.25, 0.3) is 0 Å². The minimum absolute atomic E-state index is 0.167. The molecule has 7 nitrogen and oxygen atoms in total. The standard InChI is InChI=1S/C21H21N3O4/c25-17(8-6-15-4-2-1-3-5-15)19-20(26)21(27)24-14-16(7-9-18(24)22-19)23-10-12-28-13-11-23/h1-5,7,9,14,26H,6,8,10-13H2. The zero-order valence-electron chi connectivity index (χ0n) is 15.4. The number of pyridine rings is 1. The van der Waals surface area contributed by atoms with Gasteiger partial charge < -0.3 is 14.7 Å². The van der Waals surface area contributed by atoms with Crippen LogP contribution in [0, 0.1) is 0 Å². The van der Waals surface area contributed by atoms with Gasteiger partial charge in [-0.05, 0) is 24.1 Å². The number of ketones is 1. The Bertz CT molecular complexity index is 1060. The van der Waals surface area contributed by atoms with Crippen LogP contribution in [0.4, 0.5) is 5.69 Å². The van der Waals surface area contributed by atoms with Gasteiger partial charge in [-0.1, -0.05) is 30.3 Å². The van der Waals surface area contributed by atoms with E-state index in [9.17, 15) is 14.7 Å². The van der Waals surface area contributed by atoms with Crippen molar-refractivity contribution < 1.29 is 14.6 Å². The SMILES string of the molecule is O=C(CCc1ccccc1)c1nc2ccc(N3CCOCC3)cn2c(=O)c1O. The second-order valence-corrected chi connectivity index (χ2v) is 6.74. The van der Waals surface area contributed by atoms with Gasteiger partial charge in [0.2, 0.25) is 5.75 Å². The molecular formula is C21H21N3O4. The number of Topliss-reactive ketones (excluding diaryl/α,β-unsaturated/α-hetero) is 1. The first-order chi connectivity index (χ1) is 13.6. The van der Waals surface area contributed by atoms with Gasteiger partial charge in [0.05, 0.1) is 18.9 Å². The van der Waals surface area contributed by atoms with E-state index < -0.39 is 11.3 Å². The number of fused-ring (bicyclic) bond motifs is 1. The quantitative estimate of drug-likeness (QED) is 0.683. The lowest BCUT2D eigenvalue weighted by atomic mass is 10.1. The third kappa shape index (κ3) is 3.61. The van der Waals surface area contributed by atoms with Crippen molar-refractivity contribution in [3.8, 4) is 5.75 Å². The Hall–Kier alpha value is -3.19. The summed E-state index contributed by atoms with van der Waals surface area (Å²) in [6, 6.07) is 13.1. The summed E-state index contributed by atoms with van der Waals surface area (Å²) in [6.07, 6.45) is 2.34. The largest absolute Gasteiger partial charge is 0.501 e. The number of ether oxygens (including phenoxy) is 1. The van der Waals surface area contributed by atoms with Crippen molar-refractivity contribution in [2.45, 2.75) is 12.8 Å². The third-order valence-electron chi connectivity index (χ3n) is 4.91. The van der Waals surface area contributed by atoms with E-state index in [4.69, 9.17) is 4.74 Å². The van der Waals surface area contributed by atoms with Crippen molar-refractivity contribution in [1.82, 2.24) is 9.38 Å². The number of carbonyl (C=O) groups is 1. The Morgan fingerprint density at radius 2 is 1.86 bits per heavy atom. The number of benzene rings is 1. The number of hydrogen-bond donors (Lipinski definition) is 1.